The summed E-state index contributed by atoms with van der Waals surface area (Å²) in [6, 6.07) is 11.3. The van der Waals surface area contributed by atoms with E-state index in [0.717, 1.165) is 22.4 Å². The van der Waals surface area contributed by atoms with Crippen LogP contribution in [0.4, 0.5) is 0 Å². The smallest absolute Gasteiger partial charge is 0.258 e. The largest absolute Gasteiger partial charge is 0.496 e. The molecular formula is C19H23NO4. The Bertz CT molecular complexity index is 713. The second kappa shape index (κ2) is 8.24. The molecule has 1 amide bonds. The van der Waals surface area contributed by atoms with Crippen LogP contribution in [-0.2, 0) is 11.3 Å². The number of aryl methyl sites for hydroxylation is 2. The predicted molar refractivity (Wildman–Crippen MR) is 92.8 cm³/mol. The maximum Gasteiger partial charge on any atom is 0.258 e. The normalized spacial score (nSPS) is 10.2. The number of hydrogen-bond donors (Lipinski definition) is 1. The number of benzene rings is 2. The second-order valence-electron chi connectivity index (χ2n) is 5.49. The van der Waals surface area contributed by atoms with E-state index < -0.39 is 0 Å². The van der Waals surface area contributed by atoms with Gasteiger partial charge in [-0.1, -0.05) is 29.8 Å². The van der Waals surface area contributed by atoms with Crippen molar-refractivity contribution in [2.75, 3.05) is 20.8 Å². The molecule has 0 heterocycles. The highest BCUT2D eigenvalue weighted by atomic mass is 16.5. The standard InChI is InChI=1S/C19H23NO4/c1-13-9-14(2)19(23-4)15(10-13)11-20-18(21)12-24-17-8-6-5-7-16(17)22-3/h5-10H,11-12H2,1-4H3,(H,20,21). The zero-order valence-corrected chi connectivity index (χ0v) is 14.5. The van der Waals surface area contributed by atoms with E-state index >= 15 is 0 Å². The highest BCUT2D eigenvalue weighted by Gasteiger charge is 2.10. The number of hydrogen-bond acceptors (Lipinski definition) is 4. The fourth-order valence-corrected chi connectivity index (χ4v) is 2.59. The van der Waals surface area contributed by atoms with Crippen LogP contribution in [0.3, 0.4) is 0 Å². The summed E-state index contributed by atoms with van der Waals surface area (Å²) in [5, 5.41) is 2.85. The molecule has 24 heavy (non-hydrogen) atoms. The third-order valence-corrected chi connectivity index (χ3v) is 3.60. The molecule has 1 N–H and O–H groups in total. The lowest BCUT2D eigenvalue weighted by atomic mass is 10.1. The van der Waals surface area contributed by atoms with Crippen LogP contribution in [0.5, 0.6) is 17.2 Å². The Kier molecular flexibility index (Phi) is 6.07. The maximum atomic E-state index is 12.0. The van der Waals surface area contributed by atoms with Crippen molar-refractivity contribution in [2.45, 2.75) is 20.4 Å². The number of nitrogens with one attached hydrogen (secondary N) is 1. The quantitative estimate of drug-likeness (QED) is 0.848. The van der Waals surface area contributed by atoms with Gasteiger partial charge >= 0.3 is 0 Å². The van der Waals surface area contributed by atoms with Crippen molar-refractivity contribution in [3.05, 3.63) is 53.1 Å². The summed E-state index contributed by atoms with van der Waals surface area (Å²) in [5.41, 5.74) is 3.12. The SMILES string of the molecule is COc1ccccc1OCC(=O)NCc1cc(C)cc(C)c1OC. The molecule has 0 aliphatic rings. The van der Waals surface area contributed by atoms with Gasteiger partial charge in [0.15, 0.2) is 18.1 Å². The van der Waals surface area contributed by atoms with Gasteiger partial charge in [0.25, 0.3) is 5.91 Å². The zero-order valence-electron chi connectivity index (χ0n) is 14.5. The summed E-state index contributed by atoms with van der Waals surface area (Å²) in [6.45, 7) is 4.32. The van der Waals surface area contributed by atoms with Crippen LogP contribution < -0.4 is 19.5 Å². The molecule has 128 valence electrons. The highest BCUT2D eigenvalue weighted by molar-refractivity contribution is 5.77. The first-order chi connectivity index (χ1) is 11.5. The molecule has 0 atom stereocenters. The number of carbonyl (C=O) groups is 1. The van der Waals surface area contributed by atoms with Gasteiger partial charge in [0, 0.05) is 12.1 Å². The van der Waals surface area contributed by atoms with E-state index in [1.807, 2.05) is 32.0 Å². The van der Waals surface area contributed by atoms with Crippen LogP contribution in [0, 0.1) is 13.8 Å². The Morgan fingerprint density at radius 3 is 2.42 bits per heavy atom. The molecule has 2 aromatic carbocycles. The Morgan fingerprint density at radius 2 is 1.75 bits per heavy atom. The fraction of sp³-hybridized carbons (Fsp3) is 0.316. The van der Waals surface area contributed by atoms with Gasteiger partial charge in [-0.25, -0.2) is 0 Å². The van der Waals surface area contributed by atoms with Gasteiger partial charge in [-0.15, -0.1) is 0 Å². The molecule has 2 rings (SSSR count). The van der Waals surface area contributed by atoms with E-state index in [-0.39, 0.29) is 12.5 Å². The zero-order chi connectivity index (χ0) is 17.5. The molecule has 0 spiro atoms. The van der Waals surface area contributed by atoms with Crippen molar-refractivity contribution in [1.29, 1.82) is 0 Å². The molecular weight excluding hydrogens is 306 g/mol. The van der Waals surface area contributed by atoms with Crippen molar-refractivity contribution in [3.8, 4) is 17.2 Å². The Balaban J connectivity index is 1.94. The van der Waals surface area contributed by atoms with Gasteiger partial charge in [-0.3, -0.25) is 4.79 Å². The highest BCUT2D eigenvalue weighted by Crippen LogP contribution is 2.26. The molecule has 0 unspecified atom stereocenters. The van der Waals surface area contributed by atoms with Crippen LogP contribution >= 0.6 is 0 Å². The number of carbonyl (C=O) groups excluding carboxylic acids is 1. The first kappa shape index (κ1) is 17.7. The summed E-state index contributed by atoms with van der Waals surface area (Å²) in [5.74, 6) is 1.73. The molecule has 0 aliphatic carbocycles. The maximum absolute atomic E-state index is 12.0. The molecule has 0 aromatic heterocycles. The van der Waals surface area contributed by atoms with Gasteiger partial charge in [0.1, 0.15) is 5.75 Å². The molecule has 0 saturated carbocycles. The predicted octanol–water partition coefficient (Wildman–Crippen LogP) is 3.02. The lowest BCUT2D eigenvalue weighted by Crippen LogP contribution is -2.28. The van der Waals surface area contributed by atoms with Crippen molar-refractivity contribution >= 4 is 5.91 Å². The first-order valence-corrected chi connectivity index (χ1v) is 7.71. The number of para-hydroxylation sites is 2. The van der Waals surface area contributed by atoms with Gasteiger partial charge in [-0.05, 0) is 31.5 Å². The van der Waals surface area contributed by atoms with Crippen LogP contribution in [0.15, 0.2) is 36.4 Å². The average Bonchev–Trinajstić information content (AvgIpc) is 2.58. The Hall–Kier alpha value is -2.69. The lowest BCUT2D eigenvalue weighted by Gasteiger charge is -2.14. The van der Waals surface area contributed by atoms with E-state index in [9.17, 15) is 4.79 Å². The van der Waals surface area contributed by atoms with Crippen molar-refractivity contribution in [3.63, 3.8) is 0 Å². The summed E-state index contributed by atoms with van der Waals surface area (Å²) in [4.78, 5) is 12.0. The summed E-state index contributed by atoms with van der Waals surface area (Å²) in [7, 11) is 3.20. The minimum Gasteiger partial charge on any atom is -0.496 e. The number of methoxy groups -OCH3 is 2. The number of amides is 1. The molecule has 0 fully saturated rings. The molecule has 0 saturated heterocycles. The summed E-state index contributed by atoms with van der Waals surface area (Å²) < 4.78 is 16.1. The molecule has 0 bridgehead atoms. The monoisotopic (exact) mass is 329 g/mol. The van der Waals surface area contributed by atoms with Crippen molar-refractivity contribution in [2.24, 2.45) is 0 Å². The third-order valence-electron chi connectivity index (χ3n) is 3.60. The number of ether oxygens (including phenoxy) is 3. The summed E-state index contributed by atoms with van der Waals surface area (Å²) in [6.07, 6.45) is 0. The van der Waals surface area contributed by atoms with E-state index in [2.05, 4.69) is 11.4 Å². The second-order valence-corrected chi connectivity index (χ2v) is 5.49. The topological polar surface area (TPSA) is 56.8 Å². The van der Waals surface area contributed by atoms with E-state index in [0.29, 0.717) is 18.0 Å². The lowest BCUT2D eigenvalue weighted by molar-refractivity contribution is -0.123. The van der Waals surface area contributed by atoms with E-state index in [1.165, 1.54) is 0 Å². The minimum absolute atomic E-state index is 0.0759. The third kappa shape index (κ3) is 4.41. The molecule has 5 nitrogen and oxygen atoms in total. The van der Waals surface area contributed by atoms with Gasteiger partial charge in [-0.2, -0.15) is 0 Å². The van der Waals surface area contributed by atoms with E-state index in [1.54, 1.807) is 26.4 Å². The van der Waals surface area contributed by atoms with Crippen LogP contribution in [0.2, 0.25) is 0 Å². The van der Waals surface area contributed by atoms with Gasteiger partial charge < -0.3 is 19.5 Å². The minimum atomic E-state index is -0.206. The van der Waals surface area contributed by atoms with Crippen LogP contribution in [0.25, 0.3) is 0 Å². The first-order valence-electron chi connectivity index (χ1n) is 7.71. The Morgan fingerprint density at radius 1 is 1.04 bits per heavy atom. The molecule has 5 heteroatoms. The summed E-state index contributed by atoms with van der Waals surface area (Å²) >= 11 is 0. The van der Waals surface area contributed by atoms with Gasteiger partial charge in [0.05, 0.1) is 14.2 Å². The Labute approximate surface area is 142 Å². The molecule has 0 radical (unpaired) electrons. The van der Waals surface area contributed by atoms with Crippen LogP contribution in [0.1, 0.15) is 16.7 Å². The fourth-order valence-electron chi connectivity index (χ4n) is 2.59. The molecule has 0 aliphatic heterocycles. The van der Waals surface area contributed by atoms with Crippen molar-refractivity contribution in [1.82, 2.24) is 5.32 Å². The van der Waals surface area contributed by atoms with Gasteiger partial charge in [0.2, 0.25) is 0 Å². The van der Waals surface area contributed by atoms with Crippen molar-refractivity contribution < 1.29 is 19.0 Å². The molecule has 2 aromatic rings. The average molecular weight is 329 g/mol. The number of rotatable bonds is 7. The van der Waals surface area contributed by atoms with Crippen LogP contribution in [-0.4, -0.2) is 26.7 Å². The van der Waals surface area contributed by atoms with E-state index in [4.69, 9.17) is 14.2 Å².